The van der Waals surface area contributed by atoms with Crippen LogP contribution in [0.25, 0.3) is 0 Å². The Labute approximate surface area is 145 Å². The van der Waals surface area contributed by atoms with Crippen molar-refractivity contribution in [3.8, 4) is 0 Å². The quantitative estimate of drug-likeness (QED) is 0.721. The zero-order chi connectivity index (χ0) is 16.8. The molecule has 0 aromatic heterocycles. The molecule has 2 bridgehead atoms. The van der Waals surface area contributed by atoms with Crippen molar-refractivity contribution < 1.29 is 9.53 Å². The van der Waals surface area contributed by atoms with Crippen LogP contribution >= 0.6 is 0 Å². The molecule has 132 valence electrons. The summed E-state index contributed by atoms with van der Waals surface area (Å²) in [6.07, 6.45) is 4.59. The van der Waals surface area contributed by atoms with Gasteiger partial charge in [0.2, 0.25) is 5.91 Å². The average Bonchev–Trinajstić information content (AvgIpc) is 2.91. The standard InChI is InChI=1S/C20H30N2O2/c1-2-3-11-24-16-20(23)22-14-18-9-10-19(15-22)21(13-18)12-17-7-5-4-6-8-17/h4-8,18-19H,2-3,9-16H2,1H3/t18-,19-/m1/s1. The highest BCUT2D eigenvalue weighted by molar-refractivity contribution is 5.77. The summed E-state index contributed by atoms with van der Waals surface area (Å²) in [4.78, 5) is 17.1. The fraction of sp³-hybridized carbons (Fsp3) is 0.650. The average molecular weight is 330 g/mol. The molecule has 4 heteroatoms. The third kappa shape index (κ3) is 4.58. The van der Waals surface area contributed by atoms with Crippen LogP contribution in [0.15, 0.2) is 30.3 Å². The molecule has 1 aromatic rings. The molecule has 0 aliphatic carbocycles. The topological polar surface area (TPSA) is 32.8 Å². The smallest absolute Gasteiger partial charge is 0.248 e. The van der Waals surface area contributed by atoms with Gasteiger partial charge in [0.05, 0.1) is 0 Å². The third-order valence-electron chi connectivity index (χ3n) is 5.28. The van der Waals surface area contributed by atoms with Gasteiger partial charge in [0.25, 0.3) is 0 Å². The van der Waals surface area contributed by atoms with E-state index >= 15 is 0 Å². The van der Waals surface area contributed by atoms with Crippen LogP contribution in [-0.4, -0.2) is 54.6 Å². The molecule has 24 heavy (non-hydrogen) atoms. The molecule has 0 unspecified atom stereocenters. The number of hydrogen-bond acceptors (Lipinski definition) is 3. The maximum absolute atomic E-state index is 12.5. The normalized spacial score (nSPS) is 24.1. The number of carbonyl (C=O) groups is 1. The van der Waals surface area contributed by atoms with Gasteiger partial charge in [-0.05, 0) is 30.7 Å². The monoisotopic (exact) mass is 330 g/mol. The summed E-state index contributed by atoms with van der Waals surface area (Å²) in [5.74, 6) is 0.775. The van der Waals surface area contributed by atoms with Gasteiger partial charge in [-0.3, -0.25) is 9.69 Å². The molecular formula is C20H30N2O2. The van der Waals surface area contributed by atoms with E-state index in [0.717, 1.165) is 39.0 Å². The van der Waals surface area contributed by atoms with Crippen molar-refractivity contribution in [2.75, 3.05) is 32.8 Å². The van der Waals surface area contributed by atoms with Crippen LogP contribution in [0.3, 0.4) is 0 Å². The van der Waals surface area contributed by atoms with Gasteiger partial charge < -0.3 is 9.64 Å². The van der Waals surface area contributed by atoms with Gasteiger partial charge >= 0.3 is 0 Å². The summed E-state index contributed by atoms with van der Waals surface area (Å²) < 4.78 is 5.54. The minimum absolute atomic E-state index is 0.171. The fourth-order valence-electron chi connectivity index (χ4n) is 3.89. The summed E-state index contributed by atoms with van der Waals surface area (Å²) in [6.45, 7) is 6.95. The van der Waals surface area contributed by atoms with E-state index in [1.807, 2.05) is 0 Å². The second-order valence-electron chi connectivity index (χ2n) is 7.22. The van der Waals surface area contributed by atoms with Crippen LogP contribution in [0.4, 0.5) is 0 Å². The highest BCUT2D eigenvalue weighted by Gasteiger charge is 2.36. The molecule has 0 saturated carbocycles. The fourth-order valence-corrected chi connectivity index (χ4v) is 3.89. The van der Waals surface area contributed by atoms with Gasteiger partial charge in [-0.25, -0.2) is 0 Å². The Bertz CT molecular complexity index is 520. The molecule has 3 saturated heterocycles. The molecule has 0 N–H and O–H groups in total. The molecule has 3 fully saturated rings. The lowest BCUT2D eigenvalue weighted by Gasteiger charge is -2.36. The second-order valence-corrected chi connectivity index (χ2v) is 7.22. The number of ether oxygens (including phenoxy) is 1. The van der Waals surface area contributed by atoms with Crippen molar-refractivity contribution in [1.29, 1.82) is 0 Å². The first-order valence-corrected chi connectivity index (χ1v) is 9.39. The molecule has 1 aromatic carbocycles. The van der Waals surface area contributed by atoms with E-state index in [4.69, 9.17) is 4.74 Å². The predicted molar refractivity (Wildman–Crippen MR) is 95.7 cm³/mol. The zero-order valence-electron chi connectivity index (χ0n) is 14.8. The van der Waals surface area contributed by atoms with Crippen LogP contribution in [0.2, 0.25) is 0 Å². The summed E-state index contributed by atoms with van der Waals surface area (Å²) in [6, 6.07) is 11.2. The van der Waals surface area contributed by atoms with Gasteiger partial charge in [0.1, 0.15) is 6.61 Å². The molecule has 3 aliphatic rings. The molecule has 4 nitrogen and oxygen atoms in total. The largest absolute Gasteiger partial charge is 0.372 e. The summed E-state index contributed by atoms with van der Waals surface area (Å²) in [5, 5.41) is 0. The molecular weight excluding hydrogens is 300 g/mol. The lowest BCUT2D eigenvalue weighted by Crippen LogP contribution is -2.44. The Morgan fingerprint density at radius 1 is 1.17 bits per heavy atom. The molecule has 3 aliphatic heterocycles. The van der Waals surface area contributed by atoms with Gasteiger partial charge in [-0.1, -0.05) is 43.7 Å². The third-order valence-corrected chi connectivity index (χ3v) is 5.28. The number of piperidine rings is 1. The summed E-state index contributed by atoms with van der Waals surface area (Å²) >= 11 is 0. The first-order chi connectivity index (χ1) is 11.8. The number of carbonyl (C=O) groups excluding carboxylic acids is 1. The molecule has 3 heterocycles. The summed E-state index contributed by atoms with van der Waals surface area (Å²) in [7, 11) is 0. The molecule has 4 rings (SSSR count). The number of amides is 1. The van der Waals surface area contributed by atoms with Crippen LogP contribution in [-0.2, 0) is 16.1 Å². The molecule has 0 radical (unpaired) electrons. The van der Waals surface area contributed by atoms with Gasteiger partial charge in [0, 0.05) is 38.8 Å². The molecule has 0 spiro atoms. The van der Waals surface area contributed by atoms with E-state index in [-0.39, 0.29) is 12.5 Å². The number of unbranched alkanes of at least 4 members (excludes halogenated alkanes) is 1. The SMILES string of the molecule is CCCCOCC(=O)N1C[C@@H]2CC[C@H](C1)N(Cc1ccccc1)C2. The van der Waals surface area contributed by atoms with Crippen molar-refractivity contribution in [2.24, 2.45) is 5.92 Å². The van der Waals surface area contributed by atoms with E-state index < -0.39 is 0 Å². The number of benzene rings is 1. The number of hydrogen-bond donors (Lipinski definition) is 0. The first-order valence-electron chi connectivity index (χ1n) is 9.39. The van der Waals surface area contributed by atoms with Crippen LogP contribution < -0.4 is 0 Å². The molecule has 2 atom stereocenters. The number of rotatable bonds is 7. The first kappa shape index (κ1) is 17.4. The Balaban J connectivity index is 1.55. The van der Waals surface area contributed by atoms with Gasteiger partial charge in [0.15, 0.2) is 0 Å². The summed E-state index contributed by atoms with van der Waals surface area (Å²) in [5.41, 5.74) is 1.37. The van der Waals surface area contributed by atoms with E-state index in [2.05, 4.69) is 47.1 Å². The van der Waals surface area contributed by atoms with E-state index in [0.29, 0.717) is 18.6 Å². The van der Waals surface area contributed by atoms with E-state index in [1.165, 1.54) is 18.4 Å². The lowest BCUT2D eigenvalue weighted by molar-refractivity contribution is -0.136. The van der Waals surface area contributed by atoms with Crippen LogP contribution in [0, 0.1) is 5.92 Å². The Hall–Kier alpha value is -1.39. The van der Waals surface area contributed by atoms with Crippen molar-refractivity contribution in [3.63, 3.8) is 0 Å². The molecule has 1 amide bonds. The predicted octanol–water partition coefficient (Wildman–Crippen LogP) is 2.93. The maximum atomic E-state index is 12.5. The van der Waals surface area contributed by atoms with Crippen molar-refractivity contribution >= 4 is 5.91 Å². The van der Waals surface area contributed by atoms with E-state index in [1.54, 1.807) is 0 Å². The second kappa shape index (κ2) is 8.63. The Morgan fingerprint density at radius 3 is 2.79 bits per heavy atom. The minimum Gasteiger partial charge on any atom is -0.372 e. The van der Waals surface area contributed by atoms with E-state index in [9.17, 15) is 4.79 Å². The van der Waals surface area contributed by atoms with Crippen molar-refractivity contribution in [3.05, 3.63) is 35.9 Å². The van der Waals surface area contributed by atoms with Crippen LogP contribution in [0.5, 0.6) is 0 Å². The Morgan fingerprint density at radius 2 is 2.00 bits per heavy atom. The highest BCUT2D eigenvalue weighted by Crippen LogP contribution is 2.29. The Kier molecular flexibility index (Phi) is 6.27. The van der Waals surface area contributed by atoms with Crippen molar-refractivity contribution in [1.82, 2.24) is 9.80 Å². The maximum Gasteiger partial charge on any atom is 0.248 e. The van der Waals surface area contributed by atoms with Crippen LogP contribution in [0.1, 0.15) is 38.2 Å². The zero-order valence-corrected chi connectivity index (χ0v) is 14.8. The number of nitrogens with zero attached hydrogens (tertiary/aromatic N) is 2. The minimum atomic E-state index is 0.171. The van der Waals surface area contributed by atoms with Crippen molar-refractivity contribution in [2.45, 2.75) is 45.2 Å². The highest BCUT2D eigenvalue weighted by atomic mass is 16.5. The van der Waals surface area contributed by atoms with Gasteiger partial charge in [-0.15, -0.1) is 0 Å². The lowest BCUT2D eigenvalue weighted by atomic mass is 9.94. The number of fused-ring (bicyclic) bond motifs is 4. The van der Waals surface area contributed by atoms with Gasteiger partial charge in [-0.2, -0.15) is 0 Å².